The van der Waals surface area contributed by atoms with Crippen LogP contribution >= 0.6 is 11.6 Å². The molecular formula is C10H12ClNO3. The lowest BCUT2D eigenvalue weighted by Crippen LogP contribution is -2.38. The molecule has 1 aliphatic heterocycles. The Labute approximate surface area is 92.5 Å². The molecular weight excluding hydrogens is 218 g/mol. The first-order valence-corrected chi connectivity index (χ1v) is 5.22. The van der Waals surface area contributed by atoms with E-state index >= 15 is 0 Å². The number of amides is 1. The third-order valence-electron chi connectivity index (χ3n) is 2.49. The summed E-state index contributed by atoms with van der Waals surface area (Å²) in [4.78, 5) is 11.6. The van der Waals surface area contributed by atoms with E-state index in [2.05, 4.69) is 5.32 Å². The summed E-state index contributed by atoms with van der Waals surface area (Å²) in [5, 5.41) is 3.06. The summed E-state index contributed by atoms with van der Waals surface area (Å²) >= 11 is 5.58. The lowest BCUT2D eigenvalue weighted by atomic mass is 10.1. The van der Waals surface area contributed by atoms with E-state index in [0.29, 0.717) is 6.61 Å². The molecule has 0 radical (unpaired) electrons. The molecule has 0 saturated carbocycles. The Morgan fingerprint density at radius 3 is 2.93 bits per heavy atom. The maximum Gasteiger partial charge on any atom is 0.287 e. The molecule has 1 aromatic rings. The highest BCUT2D eigenvalue weighted by molar-refractivity contribution is 6.29. The van der Waals surface area contributed by atoms with Crippen LogP contribution in [0.25, 0.3) is 0 Å². The van der Waals surface area contributed by atoms with Crippen LogP contribution in [-0.4, -0.2) is 24.7 Å². The van der Waals surface area contributed by atoms with Gasteiger partial charge in [0.15, 0.2) is 11.0 Å². The maximum absolute atomic E-state index is 11.6. The predicted molar refractivity (Wildman–Crippen MR) is 55.0 cm³/mol. The van der Waals surface area contributed by atoms with Gasteiger partial charge in [0.2, 0.25) is 0 Å². The highest BCUT2D eigenvalue weighted by atomic mass is 35.5. The molecule has 82 valence electrons. The number of hydrogen-bond donors (Lipinski definition) is 1. The Bertz CT molecular complexity index is 363. The average Bonchev–Trinajstić information content (AvgIpc) is 2.77. The summed E-state index contributed by atoms with van der Waals surface area (Å²) < 4.78 is 10.3. The molecule has 2 unspecified atom stereocenters. The van der Waals surface area contributed by atoms with E-state index in [1.54, 1.807) is 12.1 Å². The zero-order valence-corrected chi connectivity index (χ0v) is 9.08. The number of nitrogens with one attached hydrogen (secondary N) is 1. The van der Waals surface area contributed by atoms with E-state index < -0.39 is 0 Å². The second-order valence-electron chi connectivity index (χ2n) is 3.55. The van der Waals surface area contributed by atoms with E-state index in [-0.39, 0.29) is 29.0 Å². The van der Waals surface area contributed by atoms with Gasteiger partial charge in [0, 0.05) is 6.61 Å². The first-order chi connectivity index (χ1) is 7.16. The predicted octanol–water partition coefficient (Wildman–Crippen LogP) is 1.84. The van der Waals surface area contributed by atoms with Crippen molar-refractivity contribution < 1.29 is 13.9 Å². The molecule has 1 saturated heterocycles. The number of rotatable bonds is 2. The number of halogens is 1. The van der Waals surface area contributed by atoms with Crippen molar-refractivity contribution >= 4 is 17.5 Å². The second kappa shape index (κ2) is 4.24. The first-order valence-electron chi connectivity index (χ1n) is 4.84. The molecule has 1 aromatic heterocycles. The normalized spacial score (nSPS) is 25.5. The summed E-state index contributed by atoms with van der Waals surface area (Å²) in [7, 11) is 0. The molecule has 1 N–H and O–H groups in total. The Morgan fingerprint density at radius 2 is 2.40 bits per heavy atom. The van der Waals surface area contributed by atoms with Crippen LogP contribution in [0.15, 0.2) is 16.5 Å². The van der Waals surface area contributed by atoms with E-state index in [1.165, 1.54) is 0 Å². The van der Waals surface area contributed by atoms with Crippen molar-refractivity contribution in [3.05, 3.63) is 23.1 Å². The van der Waals surface area contributed by atoms with Crippen LogP contribution < -0.4 is 5.32 Å². The lowest BCUT2D eigenvalue weighted by molar-refractivity contribution is 0.0842. The van der Waals surface area contributed by atoms with Crippen molar-refractivity contribution in [3.8, 4) is 0 Å². The highest BCUT2D eigenvalue weighted by Crippen LogP contribution is 2.16. The van der Waals surface area contributed by atoms with Crippen LogP contribution in [0.4, 0.5) is 0 Å². The van der Waals surface area contributed by atoms with Gasteiger partial charge in [-0.1, -0.05) is 0 Å². The summed E-state index contributed by atoms with van der Waals surface area (Å²) in [6.07, 6.45) is 0.890. The van der Waals surface area contributed by atoms with E-state index in [0.717, 1.165) is 6.42 Å². The van der Waals surface area contributed by atoms with Crippen molar-refractivity contribution in [3.63, 3.8) is 0 Å². The standard InChI is InChI=1S/C10H12ClNO3/c1-6-7(4-5-14-6)12-10(13)8-2-3-9(11)15-8/h2-3,6-7H,4-5H2,1H3,(H,12,13). The minimum Gasteiger partial charge on any atom is -0.440 e. The first kappa shape index (κ1) is 10.5. The fourth-order valence-corrected chi connectivity index (χ4v) is 1.74. The molecule has 2 atom stereocenters. The monoisotopic (exact) mass is 229 g/mol. The Balaban J connectivity index is 1.97. The van der Waals surface area contributed by atoms with Gasteiger partial charge in [-0.25, -0.2) is 0 Å². The second-order valence-corrected chi connectivity index (χ2v) is 3.92. The van der Waals surface area contributed by atoms with Gasteiger partial charge in [0.05, 0.1) is 12.1 Å². The fraction of sp³-hybridized carbons (Fsp3) is 0.500. The van der Waals surface area contributed by atoms with Crippen LogP contribution in [0.5, 0.6) is 0 Å². The van der Waals surface area contributed by atoms with Crippen molar-refractivity contribution in [1.82, 2.24) is 5.32 Å². The molecule has 1 fully saturated rings. The molecule has 15 heavy (non-hydrogen) atoms. The van der Waals surface area contributed by atoms with Gasteiger partial charge in [-0.2, -0.15) is 0 Å². The van der Waals surface area contributed by atoms with Crippen molar-refractivity contribution in [2.75, 3.05) is 6.61 Å². The number of hydrogen-bond acceptors (Lipinski definition) is 3. The Morgan fingerprint density at radius 1 is 1.60 bits per heavy atom. The van der Waals surface area contributed by atoms with Crippen LogP contribution in [0.2, 0.25) is 5.22 Å². The van der Waals surface area contributed by atoms with Gasteiger partial charge >= 0.3 is 0 Å². The van der Waals surface area contributed by atoms with Crippen LogP contribution in [0, 0.1) is 0 Å². The van der Waals surface area contributed by atoms with Gasteiger partial charge in [-0.05, 0) is 37.1 Å². The smallest absolute Gasteiger partial charge is 0.287 e. The van der Waals surface area contributed by atoms with Crippen LogP contribution in [0.3, 0.4) is 0 Å². The average molecular weight is 230 g/mol. The number of ether oxygens (including phenoxy) is 1. The molecule has 4 nitrogen and oxygen atoms in total. The quantitative estimate of drug-likeness (QED) is 0.842. The van der Waals surface area contributed by atoms with Crippen molar-refractivity contribution in [1.29, 1.82) is 0 Å². The van der Waals surface area contributed by atoms with Crippen molar-refractivity contribution in [2.24, 2.45) is 0 Å². The van der Waals surface area contributed by atoms with E-state index in [9.17, 15) is 4.79 Å². The van der Waals surface area contributed by atoms with Crippen molar-refractivity contribution in [2.45, 2.75) is 25.5 Å². The zero-order chi connectivity index (χ0) is 10.8. The molecule has 5 heteroatoms. The highest BCUT2D eigenvalue weighted by Gasteiger charge is 2.26. The Kier molecular flexibility index (Phi) is 2.98. The minimum absolute atomic E-state index is 0.0550. The van der Waals surface area contributed by atoms with Gasteiger partial charge in [-0.3, -0.25) is 4.79 Å². The third-order valence-corrected chi connectivity index (χ3v) is 2.69. The zero-order valence-electron chi connectivity index (χ0n) is 8.33. The van der Waals surface area contributed by atoms with Crippen LogP contribution in [-0.2, 0) is 4.74 Å². The molecule has 1 aliphatic rings. The Hall–Kier alpha value is -1.00. The maximum atomic E-state index is 11.6. The SMILES string of the molecule is CC1OCCC1NC(=O)c1ccc(Cl)o1. The summed E-state index contributed by atoms with van der Waals surface area (Å²) in [6, 6.07) is 3.16. The van der Waals surface area contributed by atoms with Gasteiger partial charge < -0.3 is 14.5 Å². The number of carbonyl (C=O) groups is 1. The molecule has 0 spiro atoms. The van der Waals surface area contributed by atoms with Gasteiger partial charge in [0.1, 0.15) is 0 Å². The van der Waals surface area contributed by atoms with Crippen LogP contribution in [0.1, 0.15) is 23.9 Å². The number of furan rings is 1. The summed E-state index contributed by atoms with van der Waals surface area (Å²) in [6.45, 7) is 2.62. The number of carbonyl (C=O) groups excluding carboxylic acids is 1. The summed E-state index contributed by atoms with van der Waals surface area (Å²) in [5.41, 5.74) is 0. The molecule has 1 amide bonds. The van der Waals surface area contributed by atoms with Gasteiger partial charge in [-0.15, -0.1) is 0 Å². The molecule has 0 aliphatic carbocycles. The molecule has 2 heterocycles. The lowest BCUT2D eigenvalue weighted by Gasteiger charge is -2.14. The van der Waals surface area contributed by atoms with E-state index in [4.69, 9.17) is 20.8 Å². The fourth-order valence-electron chi connectivity index (χ4n) is 1.60. The minimum atomic E-state index is -0.246. The van der Waals surface area contributed by atoms with Gasteiger partial charge in [0.25, 0.3) is 5.91 Å². The molecule has 0 bridgehead atoms. The third kappa shape index (κ3) is 2.33. The molecule has 2 rings (SSSR count). The van der Waals surface area contributed by atoms with E-state index in [1.807, 2.05) is 6.92 Å². The largest absolute Gasteiger partial charge is 0.440 e. The molecule has 0 aromatic carbocycles. The summed E-state index contributed by atoms with van der Waals surface area (Å²) in [5.74, 6) is -0.0108. The topological polar surface area (TPSA) is 51.5 Å².